The molecule has 1 aliphatic heterocycles. The predicted molar refractivity (Wildman–Crippen MR) is 98.2 cm³/mol. The van der Waals surface area contributed by atoms with Gasteiger partial charge < -0.3 is 4.74 Å². The lowest BCUT2D eigenvalue weighted by Crippen LogP contribution is -2.33. The number of nitro benzene ring substituents is 2. The molecular formula is C18H13F3N4O5. The SMILES string of the molecule is O=[N+]([O-])c1ccc2c(c1)/C(=N\N1CCOCC1)c1cc([N+](=O)[O-])cc(C(F)(F)F)c1-2. The summed E-state index contributed by atoms with van der Waals surface area (Å²) in [5.41, 5.74) is -2.36. The summed E-state index contributed by atoms with van der Waals surface area (Å²) in [6.45, 7) is 1.44. The summed E-state index contributed by atoms with van der Waals surface area (Å²) in [6.07, 6.45) is -4.87. The average molecular weight is 422 g/mol. The third-order valence-corrected chi connectivity index (χ3v) is 4.86. The van der Waals surface area contributed by atoms with Gasteiger partial charge in [-0.3, -0.25) is 25.2 Å². The summed E-state index contributed by atoms with van der Waals surface area (Å²) in [5.74, 6) is 0. The molecule has 156 valence electrons. The molecule has 0 atom stereocenters. The van der Waals surface area contributed by atoms with Crippen LogP contribution >= 0.6 is 0 Å². The summed E-state index contributed by atoms with van der Waals surface area (Å²) in [7, 11) is 0. The van der Waals surface area contributed by atoms with E-state index >= 15 is 0 Å². The number of halogens is 3. The van der Waals surface area contributed by atoms with Crippen molar-refractivity contribution in [1.29, 1.82) is 0 Å². The van der Waals surface area contributed by atoms with Crippen molar-refractivity contribution in [2.45, 2.75) is 6.18 Å². The highest BCUT2D eigenvalue weighted by Gasteiger charge is 2.41. The molecule has 0 saturated carbocycles. The first-order chi connectivity index (χ1) is 14.2. The minimum Gasteiger partial charge on any atom is -0.378 e. The molecule has 30 heavy (non-hydrogen) atoms. The third kappa shape index (κ3) is 3.34. The highest BCUT2D eigenvalue weighted by molar-refractivity contribution is 6.25. The van der Waals surface area contributed by atoms with Crippen LogP contribution in [0.4, 0.5) is 24.5 Å². The first-order valence-corrected chi connectivity index (χ1v) is 8.77. The third-order valence-electron chi connectivity index (χ3n) is 4.86. The summed E-state index contributed by atoms with van der Waals surface area (Å²) in [5, 5.41) is 28.5. The van der Waals surface area contributed by atoms with Crippen LogP contribution in [0, 0.1) is 20.2 Å². The van der Waals surface area contributed by atoms with E-state index in [4.69, 9.17) is 4.74 Å². The number of nitrogens with zero attached hydrogens (tertiary/aromatic N) is 4. The van der Waals surface area contributed by atoms with Crippen LogP contribution in [-0.2, 0) is 10.9 Å². The maximum Gasteiger partial charge on any atom is 0.417 e. The van der Waals surface area contributed by atoms with E-state index in [-0.39, 0.29) is 33.7 Å². The number of hydrogen-bond donors (Lipinski definition) is 0. The lowest BCUT2D eigenvalue weighted by Gasteiger charge is -2.24. The van der Waals surface area contributed by atoms with Gasteiger partial charge in [0.25, 0.3) is 11.4 Å². The fourth-order valence-electron chi connectivity index (χ4n) is 3.54. The normalized spacial score (nSPS) is 17.0. The van der Waals surface area contributed by atoms with Crippen molar-refractivity contribution in [2.75, 3.05) is 26.3 Å². The maximum absolute atomic E-state index is 13.8. The lowest BCUT2D eigenvalue weighted by atomic mass is 9.98. The van der Waals surface area contributed by atoms with Gasteiger partial charge in [0.1, 0.15) is 0 Å². The molecule has 2 aromatic carbocycles. The summed E-state index contributed by atoms with van der Waals surface area (Å²) >= 11 is 0. The average Bonchev–Trinajstić information content (AvgIpc) is 3.00. The van der Waals surface area contributed by atoms with Crippen molar-refractivity contribution < 1.29 is 27.8 Å². The number of fused-ring (bicyclic) bond motifs is 3. The Hall–Kier alpha value is -3.54. The molecule has 1 fully saturated rings. The fourth-order valence-corrected chi connectivity index (χ4v) is 3.54. The first kappa shape index (κ1) is 19.8. The van der Waals surface area contributed by atoms with Gasteiger partial charge >= 0.3 is 6.18 Å². The van der Waals surface area contributed by atoms with Crippen molar-refractivity contribution in [3.05, 3.63) is 67.3 Å². The van der Waals surface area contributed by atoms with Crippen LogP contribution < -0.4 is 0 Å². The molecule has 1 heterocycles. The van der Waals surface area contributed by atoms with Crippen molar-refractivity contribution in [3.8, 4) is 11.1 Å². The van der Waals surface area contributed by atoms with Crippen LogP contribution in [0.25, 0.3) is 11.1 Å². The molecule has 0 N–H and O–H groups in total. The quantitative estimate of drug-likeness (QED) is 0.471. The zero-order valence-corrected chi connectivity index (χ0v) is 15.2. The Morgan fingerprint density at radius 2 is 1.57 bits per heavy atom. The fraction of sp³-hybridized carbons (Fsp3) is 0.278. The van der Waals surface area contributed by atoms with Crippen LogP contribution in [-0.4, -0.2) is 46.9 Å². The van der Waals surface area contributed by atoms with Gasteiger partial charge in [-0.05, 0) is 11.6 Å². The molecule has 12 heteroatoms. The molecule has 0 bridgehead atoms. The second-order valence-electron chi connectivity index (χ2n) is 6.67. The van der Waals surface area contributed by atoms with Gasteiger partial charge in [0.15, 0.2) is 0 Å². The van der Waals surface area contributed by atoms with E-state index in [0.717, 1.165) is 18.2 Å². The molecule has 0 amide bonds. The van der Waals surface area contributed by atoms with Gasteiger partial charge in [-0.2, -0.15) is 18.3 Å². The second-order valence-corrected chi connectivity index (χ2v) is 6.67. The zero-order chi connectivity index (χ0) is 21.6. The standard InChI is InChI=1S/C18H13F3N4O5/c19-18(20,21)15-9-11(25(28)29)8-14-16(15)12-2-1-10(24(26)27)7-13(12)17(14)22-23-3-5-30-6-4-23/h1-2,7-9H,3-6H2/b22-17+. The largest absolute Gasteiger partial charge is 0.417 e. The number of ether oxygens (including phenoxy) is 1. The molecule has 0 radical (unpaired) electrons. The highest BCUT2D eigenvalue weighted by atomic mass is 19.4. The molecule has 2 aliphatic rings. The minimum absolute atomic E-state index is 0.0276. The van der Waals surface area contributed by atoms with E-state index < -0.39 is 27.3 Å². The molecule has 1 saturated heterocycles. The van der Waals surface area contributed by atoms with Gasteiger partial charge in [-0.25, -0.2) is 0 Å². The lowest BCUT2D eigenvalue weighted by molar-refractivity contribution is -0.385. The van der Waals surface area contributed by atoms with Crippen molar-refractivity contribution >= 4 is 17.1 Å². The molecule has 9 nitrogen and oxygen atoms in total. The smallest absolute Gasteiger partial charge is 0.378 e. The van der Waals surface area contributed by atoms with Gasteiger partial charge in [0.05, 0.1) is 47.4 Å². The summed E-state index contributed by atoms with van der Waals surface area (Å²) in [6, 6.07) is 4.95. The number of alkyl halides is 3. The number of nitro groups is 2. The molecule has 0 aromatic heterocycles. The number of hydrogen-bond acceptors (Lipinski definition) is 7. The Morgan fingerprint density at radius 1 is 0.933 bits per heavy atom. The Kier molecular flexibility index (Phi) is 4.65. The van der Waals surface area contributed by atoms with Gasteiger partial charge in [0, 0.05) is 41.0 Å². The number of rotatable bonds is 3. The van der Waals surface area contributed by atoms with E-state index in [2.05, 4.69) is 5.10 Å². The van der Waals surface area contributed by atoms with E-state index in [1.165, 1.54) is 6.07 Å². The second kappa shape index (κ2) is 7.06. The number of benzene rings is 2. The molecule has 0 unspecified atom stereocenters. The van der Waals surface area contributed by atoms with Crippen LogP contribution in [0.15, 0.2) is 35.4 Å². The van der Waals surface area contributed by atoms with E-state index in [1.807, 2.05) is 0 Å². The van der Waals surface area contributed by atoms with Crippen molar-refractivity contribution in [2.24, 2.45) is 5.10 Å². The van der Waals surface area contributed by atoms with Crippen LogP contribution in [0.3, 0.4) is 0 Å². The number of hydrazone groups is 1. The van der Waals surface area contributed by atoms with Crippen LogP contribution in [0.5, 0.6) is 0 Å². The van der Waals surface area contributed by atoms with E-state index in [1.54, 1.807) is 5.01 Å². The van der Waals surface area contributed by atoms with Crippen LogP contribution in [0.2, 0.25) is 0 Å². The van der Waals surface area contributed by atoms with Gasteiger partial charge in [-0.1, -0.05) is 0 Å². The predicted octanol–water partition coefficient (Wildman–Crippen LogP) is 3.59. The molecule has 2 aromatic rings. The Balaban J connectivity index is 2.02. The Bertz CT molecular complexity index is 1090. The van der Waals surface area contributed by atoms with E-state index in [0.29, 0.717) is 32.4 Å². The zero-order valence-electron chi connectivity index (χ0n) is 15.2. The maximum atomic E-state index is 13.8. The van der Waals surface area contributed by atoms with Gasteiger partial charge in [0.2, 0.25) is 0 Å². The van der Waals surface area contributed by atoms with Crippen LogP contribution in [0.1, 0.15) is 16.7 Å². The topological polar surface area (TPSA) is 111 Å². The highest BCUT2D eigenvalue weighted by Crippen LogP contribution is 2.47. The summed E-state index contributed by atoms with van der Waals surface area (Å²) in [4.78, 5) is 20.9. The number of non-ortho nitro benzene ring substituents is 2. The first-order valence-electron chi connectivity index (χ1n) is 8.77. The monoisotopic (exact) mass is 422 g/mol. The molecular weight excluding hydrogens is 409 g/mol. The molecule has 1 aliphatic carbocycles. The van der Waals surface area contributed by atoms with E-state index in [9.17, 15) is 33.4 Å². The molecule has 0 spiro atoms. The Labute approximate surface area is 166 Å². The minimum atomic E-state index is -4.87. The number of morpholine rings is 1. The van der Waals surface area contributed by atoms with Gasteiger partial charge in [-0.15, -0.1) is 0 Å². The molecule has 4 rings (SSSR count). The van der Waals surface area contributed by atoms with Crippen molar-refractivity contribution in [3.63, 3.8) is 0 Å². The summed E-state index contributed by atoms with van der Waals surface area (Å²) < 4.78 is 46.6. The van der Waals surface area contributed by atoms with Crippen molar-refractivity contribution in [1.82, 2.24) is 5.01 Å². The Morgan fingerprint density at radius 3 is 2.17 bits per heavy atom.